The predicted molar refractivity (Wildman–Crippen MR) is 122 cm³/mol. The first-order valence-electron chi connectivity index (χ1n) is 10.5. The van der Waals surface area contributed by atoms with Crippen molar-refractivity contribution >= 4 is 17.2 Å². The molecule has 31 heavy (non-hydrogen) atoms. The van der Waals surface area contributed by atoms with E-state index in [9.17, 15) is 9.90 Å². The van der Waals surface area contributed by atoms with Crippen LogP contribution in [0, 0.1) is 0 Å². The van der Waals surface area contributed by atoms with Crippen molar-refractivity contribution in [2.24, 2.45) is 0 Å². The van der Waals surface area contributed by atoms with Crippen molar-refractivity contribution in [3.05, 3.63) is 70.7 Å². The molecule has 2 N–H and O–H groups in total. The molecule has 4 rings (SSSR count). The number of benzene rings is 2. The number of aromatic hydroxyl groups is 1. The molecule has 3 aromatic rings. The summed E-state index contributed by atoms with van der Waals surface area (Å²) >= 11 is 1.57. The first kappa shape index (κ1) is 21.5. The summed E-state index contributed by atoms with van der Waals surface area (Å²) < 4.78 is 5.40. The number of aromatic nitrogens is 1. The van der Waals surface area contributed by atoms with Gasteiger partial charge in [0.1, 0.15) is 10.8 Å². The second-order valence-corrected chi connectivity index (χ2v) is 8.53. The van der Waals surface area contributed by atoms with Gasteiger partial charge in [0, 0.05) is 37.1 Å². The summed E-state index contributed by atoms with van der Waals surface area (Å²) in [6.45, 7) is 5.08. The molecule has 7 heteroatoms. The topological polar surface area (TPSA) is 74.7 Å². The molecule has 1 aliphatic heterocycles. The van der Waals surface area contributed by atoms with E-state index >= 15 is 0 Å². The Morgan fingerprint density at radius 2 is 1.77 bits per heavy atom. The number of morpholine rings is 1. The highest BCUT2D eigenvalue weighted by atomic mass is 32.1. The lowest BCUT2D eigenvalue weighted by molar-refractivity contribution is -0.120. The number of thiazole rings is 1. The molecule has 0 atom stereocenters. The Morgan fingerprint density at radius 1 is 1.06 bits per heavy atom. The third-order valence-corrected chi connectivity index (χ3v) is 6.22. The van der Waals surface area contributed by atoms with Crippen molar-refractivity contribution in [2.75, 3.05) is 32.8 Å². The van der Waals surface area contributed by atoms with E-state index in [-0.39, 0.29) is 18.1 Å². The Bertz CT molecular complexity index is 980. The minimum absolute atomic E-state index is 0.0310. The van der Waals surface area contributed by atoms with E-state index in [2.05, 4.69) is 39.5 Å². The number of rotatable bonds is 8. The predicted octanol–water partition coefficient (Wildman–Crippen LogP) is 3.25. The van der Waals surface area contributed by atoms with Gasteiger partial charge in [-0.15, -0.1) is 11.3 Å². The lowest BCUT2D eigenvalue weighted by atomic mass is 10.1. The minimum atomic E-state index is -0.0310. The standard InChI is InChI=1S/C24H27N3O3S/c28-22-7-3-18(4-8-22)9-10-25-23(29)15-21-17-31-24(26-21)20-5-1-19(2-6-20)16-27-11-13-30-14-12-27/h1-8,17,28H,9-16H2,(H,25,29). The van der Waals surface area contributed by atoms with Gasteiger partial charge in [-0.05, 0) is 29.7 Å². The monoisotopic (exact) mass is 437 g/mol. The SMILES string of the molecule is O=C(Cc1csc(-c2ccc(CN3CCOCC3)cc2)n1)NCCc1ccc(O)cc1. The summed E-state index contributed by atoms with van der Waals surface area (Å²) in [7, 11) is 0. The van der Waals surface area contributed by atoms with Gasteiger partial charge in [0.25, 0.3) is 0 Å². The van der Waals surface area contributed by atoms with Crippen molar-refractivity contribution in [3.63, 3.8) is 0 Å². The maximum atomic E-state index is 12.2. The summed E-state index contributed by atoms with van der Waals surface area (Å²) in [5.41, 5.74) is 4.23. The number of phenolic OH excluding ortho intramolecular Hbond substituents is 1. The quantitative estimate of drug-likeness (QED) is 0.566. The van der Waals surface area contributed by atoms with Crippen molar-refractivity contribution in [1.29, 1.82) is 0 Å². The van der Waals surface area contributed by atoms with E-state index in [1.165, 1.54) is 5.56 Å². The Hall–Kier alpha value is -2.74. The zero-order chi connectivity index (χ0) is 21.5. The molecule has 2 heterocycles. The molecule has 162 valence electrons. The Morgan fingerprint density at radius 3 is 2.52 bits per heavy atom. The van der Waals surface area contributed by atoms with Gasteiger partial charge < -0.3 is 15.2 Å². The van der Waals surface area contributed by atoms with Gasteiger partial charge in [-0.1, -0.05) is 36.4 Å². The largest absolute Gasteiger partial charge is 0.508 e. The zero-order valence-corrected chi connectivity index (χ0v) is 18.2. The normalized spacial score (nSPS) is 14.5. The molecule has 1 amide bonds. The van der Waals surface area contributed by atoms with Crippen LogP contribution < -0.4 is 5.32 Å². The number of nitrogens with zero attached hydrogens (tertiary/aromatic N) is 2. The van der Waals surface area contributed by atoms with Crippen molar-refractivity contribution in [1.82, 2.24) is 15.2 Å². The first-order valence-corrected chi connectivity index (χ1v) is 11.4. The molecular weight excluding hydrogens is 410 g/mol. The van der Waals surface area contributed by atoms with Crippen LogP contribution in [0.1, 0.15) is 16.8 Å². The van der Waals surface area contributed by atoms with Crippen LogP contribution in [0.25, 0.3) is 10.6 Å². The molecule has 2 aromatic carbocycles. The van der Waals surface area contributed by atoms with Gasteiger partial charge in [0.15, 0.2) is 0 Å². The van der Waals surface area contributed by atoms with E-state index in [1.807, 2.05) is 17.5 Å². The van der Waals surface area contributed by atoms with Crippen LogP contribution in [0.15, 0.2) is 53.9 Å². The number of phenols is 1. The maximum absolute atomic E-state index is 12.2. The molecule has 0 saturated carbocycles. The average Bonchev–Trinajstić information content (AvgIpc) is 3.25. The highest BCUT2D eigenvalue weighted by molar-refractivity contribution is 7.13. The Labute approximate surface area is 186 Å². The fraction of sp³-hybridized carbons (Fsp3) is 0.333. The Balaban J connectivity index is 1.25. The zero-order valence-electron chi connectivity index (χ0n) is 17.4. The average molecular weight is 438 g/mol. The first-order chi connectivity index (χ1) is 15.2. The molecule has 0 unspecified atom stereocenters. The molecule has 0 spiro atoms. The van der Waals surface area contributed by atoms with E-state index < -0.39 is 0 Å². The van der Waals surface area contributed by atoms with Gasteiger partial charge in [-0.3, -0.25) is 9.69 Å². The number of amides is 1. The highest BCUT2D eigenvalue weighted by Gasteiger charge is 2.12. The lowest BCUT2D eigenvalue weighted by Crippen LogP contribution is -2.35. The van der Waals surface area contributed by atoms with E-state index in [0.717, 1.165) is 61.1 Å². The summed E-state index contributed by atoms with van der Waals surface area (Å²) in [4.78, 5) is 19.3. The van der Waals surface area contributed by atoms with Gasteiger partial charge in [0.2, 0.25) is 5.91 Å². The second kappa shape index (κ2) is 10.5. The maximum Gasteiger partial charge on any atom is 0.226 e. The summed E-state index contributed by atoms with van der Waals surface area (Å²) in [5.74, 6) is 0.218. The number of carbonyl (C=O) groups excluding carboxylic acids is 1. The fourth-order valence-corrected chi connectivity index (χ4v) is 4.35. The van der Waals surface area contributed by atoms with Gasteiger partial charge >= 0.3 is 0 Å². The van der Waals surface area contributed by atoms with Gasteiger partial charge in [-0.2, -0.15) is 0 Å². The van der Waals surface area contributed by atoms with Crippen LogP contribution >= 0.6 is 11.3 Å². The lowest BCUT2D eigenvalue weighted by Gasteiger charge is -2.26. The summed E-state index contributed by atoms with van der Waals surface area (Å²) in [6, 6.07) is 15.6. The van der Waals surface area contributed by atoms with Crippen molar-refractivity contribution in [2.45, 2.75) is 19.4 Å². The molecule has 0 bridgehead atoms. The van der Waals surface area contributed by atoms with E-state index in [0.29, 0.717) is 6.54 Å². The molecule has 1 saturated heterocycles. The minimum Gasteiger partial charge on any atom is -0.508 e. The fourth-order valence-electron chi connectivity index (χ4n) is 3.53. The molecule has 6 nitrogen and oxygen atoms in total. The summed E-state index contributed by atoms with van der Waals surface area (Å²) in [5, 5.41) is 15.1. The molecule has 1 aromatic heterocycles. The number of carbonyl (C=O) groups is 1. The van der Waals surface area contributed by atoms with Crippen molar-refractivity contribution < 1.29 is 14.6 Å². The van der Waals surface area contributed by atoms with Crippen LogP contribution in [0.2, 0.25) is 0 Å². The third kappa shape index (κ3) is 6.37. The van der Waals surface area contributed by atoms with Crippen LogP contribution in [-0.2, 0) is 28.9 Å². The smallest absolute Gasteiger partial charge is 0.226 e. The number of ether oxygens (including phenoxy) is 1. The number of nitrogens with one attached hydrogen (secondary N) is 1. The number of hydrogen-bond acceptors (Lipinski definition) is 6. The van der Waals surface area contributed by atoms with Crippen LogP contribution in [0.3, 0.4) is 0 Å². The molecule has 0 aliphatic carbocycles. The van der Waals surface area contributed by atoms with Crippen LogP contribution in [0.4, 0.5) is 0 Å². The molecule has 0 radical (unpaired) electrons. The van der Waals surface area contributed by atoms with E-state index in [1.54, 1.807) is 23.5 Å². The molecule has 1 aliphatic rings. The molecule has 1 fully saturated rings. The van der Waals surface area contributed by atoms with E-state index in [4.69, 9.17) is 4.74 Å². The highest BCUT2D eigenvalue weighted by Crippen LogP contribution is 2.24. The molecular formula is C24H27N3O3S. The second-order valence-electron chi connectivity index (χ2n) is 7.67. The number of hydrogen-bond donors (Lipinski definition) is 2. The Kier molecular flexibility index (Phi) is 7.30. The van der Waals surface area contributed by atoms with Gasteiger partial charge in [-0.25, -0.2) is 4.98 Å². The van der Waals surface area contributed by atoms with Crippen LogP contribution in [0.5, 0.6) is 5.75 Å². The van der Waals surface area contributed by atoms with Crippen LogP contribution in [-0.4, -0.2) is 53.7 Å². The van der Waals surface area contributed by atoms with Gasteiger partial charge in [0.05, 0.1) is 25.3 Å². The van der Waals surface area contributed by atoms with Crippen molar-refractivity contribution in [3.8, 4) is 16.3 Å². The summed E-state index contributed by atoms with van der Waals surface area (Å²) in [6.07, 6.45) is 1.01. The third-order valence-electron chi connectivity index (χ3n) is 5.28.